The molecule has 1 amide bonds. The highest BCUT2D eigenvalue weighted by molar-refractivity contribution is 7.09. The lowest BCUT2D eigenvalue weighted by atomic mass is 10.1. The molecule has 0 saturated carbocycles. The quantitative estimate of drug-likeness (QED) is 0.534. The van der Waals surface area contributed by atoms with E-state index in [-0.39, 0.29) is 5.91 Å². The summed E-state index contributed by atoms with van der Waals surface area (Å²) in [7, 11) is 3.20. The van der Waals surface area contributed by atoms with Crippen molar-refractivity contribution in [2.24, 2.45) is 0 Å². The van der Waals surface area contributed by atoms with Crippen molar-refractivity contribution in [3.05, 3.63) is 76.4 Å². The van der Waals surface area contributed by atoms with E-state index < -0.39 is 0 Å². The second kappa shape index (κ2) is 9.09. The van der Waals surface area contributed by atoms with E-state index in [0.717, 1.165) is 10.4 Å². The van der Waals surface area contributed by atoms with Gasteiger partial charge in [-0.3, -0.25) is 4.79 Å². The Morgan fingerprint density at radius 2 is 1.96 bits per heavy atom. The van der Waals surface area contributed by atoms with Crippen LogP contribution in [0.1, 0.15) is 16.2 Å². The number of carbonyl (C=O) groups excluding carboxylic acids is 1. The van der Waals surface area contributed by atoms with Crippen LogP contribution in [0.2, 0.25) is 0 Å². The molecule has 0 saturated heterocycles. The van der Waals surface area contributed by atoms with Crippen molar-refractivity contribution >= 4 is 23.3 Å². The maximum atomic E-state index is 12.8. The summed E-state index contributed by atoms with van der Waals surface area (Å²) in [6, 6.07) is 13.3. The molecule has 3 aromatic rings. The second-order valence-electron chi connectivity index (χ2n) is 5.81. The number of hydrogen-bond donors (Lipinski definition) is 0. The molecule has 0 atom stereocenters. The minimum atomic E-state index is -0.0883. The van der Waals surface area contributed by atoms with E-state index in [1.165, 1.54) is 6.08 Å². The number of rotatable bonds is 8. The summed E-state index contributed by atoms with van der Waals surface area (Å²) < 4.78 is 15.9. The third-order valence-electron chi connectivity index (χ3n) is 3.99. The maximum Gasteiger partial charge on any atom is 0.247 e. The highest BCUT2D eigenvalue weighted by atomic mass is 32.1. The molecule has 0 aliphatic carbocycles. The first-order valence-corrected chi connectivity index (χ1v) is 9.31. The van der Waals surface area contributed by atoms with Gasteiger partial charge in [0.05, 0.1) is 27.0 Å². The van der Waals surface area contributed by atoms with Crippen LogP contribution in [0.25, 0.3) is 6.08 Å². The Kier molecular flexibility index (Phi) is 6.33. The number of carbonyl (C=O) groups is 1. The summed E-state index contributed by atoms with van der Waals surface area (Å²) >= 11 is 1.63. The molecule has 0 spiro atoms. The van der Waals surface area contributed by atoms with Gasteiger partial charge in [0.15, 0.2) is 11.5 Å². The number of thiophene rings is 1. The molecule has 6 heteroatoms. The largest absolute Gasteiger partial charge is 0.493 e. The average Bonchev–Trinajstić information content (AvgIpc) is 3.39. The minimum absolute atomic E-state index is 0.0883. The molecule has 0 aliphatic rings. The molecule has 0 bridgehead atoms. The van der Waals surface area contributed by atoms with Crippen molar-refractivity contribution in [2.45, 2.75) is 13.1 Å². The summed E-state index contributed by atoms with van der Waals surface area (Å²) in [6.07, 6.45) is 4.79. The standard InChI is InChI=1S/C21H21NO4S/c1-24-19-9-7-16(13-20(19)25-2)14-22(15-18-6-4-12-27-18)21(23)10-8-17-5-3-11-26-17/h3-13H,14-15H2,1-2H3. The van der Waals surface area contributed by atoms with Gasteiger partial charge in [0, 0.05) is 17.5 Å². The zero-order valence-corrected chi connectivity index (χ0v) is 16.1. The van der Waals surface area contributed by atoms with E-state index in [1.54, 1.807) is 48.9 Å². The lowest BCUT2D eigenvalue weighted by Crippen LogP contribution is -2.28. The molecule has 2 heterocycles. The molecular weight excluding hydrogens is 362 g/mol. The molecule has 2 aromatic heterocycles. The Bertz CT molecular complexity index is 885. The monoisotopic (exact) mass is 383 g/mol. The third kappa shape index (κ3) is 5.01. The molecule has 5 nitrogen and oxygen atoms in total. The van der Waals surface area contributed by atoms with Gasteiger partial charge in [-0.15, -0.1) is 11.3 Å². The maximum absolute atomic E-state index is 12.8. The topological polar surface area (TPSA) is 51.9 Å². The molecule has 0 aliphatic heterocycles. The SMILES string of the molecule is COc1ccc(CN(Cc2cccs2)C(=O)C=Cc2ccco2)cc1OC. The van der Waals surface area contributed by atoms with Gasteiger partial charge in [-0.1, -0.05) is 12.1 Å². The summed E-state index contributed by atoms with van der Waals surface area (Å²) in [6.45, 7) is 0.993. The van der Waals surface area contributed by atoms with E-state index in [9.17, 15) is 4.79 Å². The molecule has 0 N–H and O–H groups in total. The number of hydrogen-bond acceptors (Lipinski definition) is 5. The second-order valence-corrected chi connectivity index (χ2v) is 6.84. The van der Waals surface area contributed by atoms with Crippen molar-refractivity contribution in [1.82, 2.24) is 4.90 Å². The van der Waals surface area contributed by atoms with Crippen LogP contribution < -0.4 is 9.47 Å². The van der Waals surface area contributed by atoms with Crippen LogP contribution in [0.5, 0.6) is 11.5 Å². The zero-order chi connectivity index (χ0) is 19.1. The van der Waals surface area contributed by atoms with E-state index in [1.807, 2.05) is 41.8 Å². The average molecular weight is 383 g/mol. The van der Waals surface area contributed by atoms with Gasteiger partial charge >= 0.3 is 0 Å². The van der Waals surface area contributed by atoms with E-state index >= 15 is 0 Å². The normalized spacial score (nSPS) is 10.9. The summed E-state index contributed by atoms with van der Waals surface area (Å²) in [4.78, 5) is 15.7. The van der Waals surface area contributed by atoms with Gasteiger partial charge < -0.3 is 18.8 Å². The third-order valence-corrected chi connectivity index (χ3v) is 4.85. The molecular formula is C21H21NO4S. The first kappa shape index (κ1) is 18.8. The number of furan rings is 1. The molecule has 0 fully saturated rings. The van der Waals surface area contributed by atoms with Gasteiger partial charge in [0.2, 0.25) is 5.91 Å². The summed E-state index contributed by atoms with van der Waals surface area (Å²) in [5.41, 5.74) is 0.962. The summed E-state index contributed by atoms with van der Waals surface area (Å²) in [5.74, 6) is 1.86. The molecule has 3 rings (SSSR count). The Hall–Kier alpha value is -2.99. The van der Waals surface area contributed by atoms with Crippen molar-refractivity contribution < 1.29 is 18.7 Å². The van der Waals surface area contributed by atoms with Crippen LogP contribution in [0.15, 0.2) is 64.6 Å². The predicted molar refractivity (Wildman–Crippen MR) is 106 cm³/mol. The highest BCUT2D eigenvalue weighted by Crippen LogP contribution is 2.28. The molecule has 0 unspecified atom stereocenters. The first-order valence-electron chi connectivity index (χ1n) is 8.43. The molecule has 140 valence electrons. The Balaban J connectivity index is 1.80. The van der Waals surface area contributed by atoms with Crippen LogP contribution in [0.4, 0.5) is 0 Å². The van der Waals surface area contributed by atoms with Crippen molar-refractivity contribution in [3.8, 4) is 11.5 Å². The Morgan fingerprint density at radius 3 is 2.63 bits per heavy atom. The number of amides is 1. The van der Waals surface area contributed by atoms with Crippen molar-refractivity contribution in [1.29, 1.82) is 0 Å². The molecule has 0 radical (unpaired) electrons. The smallest absolute Gasteiger partial charge is 0.247 e. The fourth-order valence-corrected chi connectivity index (χ4v) is 3.37. The highest BCUT2D eigenvalue weighted by Gasteiger charge is 2.14. The van der Waals surface area contributed by atoms with E-state index in [2.05, 4.69) is 0 Å². The van der Waals surface area contributed by atoms with Gasteiger partial charge in [-0.2, -0.15) is 0 Å². The number of benzene rings is 1. The van der Waals surface area contributed by atoms with Gasteiger partial charge in [0.1, 0.15) is 5.76 Å². The Labute approximate surface area is 162 Å². The van der Waals surface area contributed by atoms with Crippen LogP contribution in [0, 0.1) is 0 Å². The first-order chi connectivity index (χ1) is 13.2. The number of nitrogens with zero attached hydrogens (tertiary/aromatic N) is 1. The lowest BCUT2D eigenvalue weighted by Gasteiger charge is -2.21. The fourth-order valence-electron chi connectivity index (χ4n) is 2.65. The fraction of sp³-hybridized carbons (Fsp3) is 0.190. The summed E-state index contributed by atoms with van der Waals surface area (Å²) in [5, 5.41) is 2.01. The predicted octanol–water partition coefficient (Wildman–Crippen LogP) is 4.60. The van der Waals surface area contributed by atoms with Crippen LogP contribution in [0.3, 0.4) is 0 Å². The van der Waals surface area contributed by atoms with E-state index in [0.29, 0.717) is 30.3 Å². The van der Waals surface area contributed by atoms with Crippen LogP contribution in [-0.4, -0.2) is 25.0 Å². The van der Waals surface area contributed by atoms with Crippen LogP contribution >= 0.6 is 11.3 Å². The zero-order valence-electron chi connectivity index (χ0n) is 15.3. The Morgan fingerprint density at radius 1 is 1.11 bits per heavy atom. The molecule has 1 aromatic carbocycles. The number of methoxy groups -OCH3 is 2. The van der Waals surface area contributed by atoms with Gasteiger partial charge in [-0.25, -0.2) is 0 Å². The van der Waals surface area contributed by atoms with Crippen LogP contribution in [-0.2, 0) is 17.9 Å². The minimum Gasteiger partial charge on any atom is -0.493 e. The van der Waals surface area contributed by atoms with Gasteiger partial charge in [0.25, 0.3) is 0 Å². The van der Waals surface area contributed by atoms with Crippen molar-refractivity contribution in [2.75, 3.05) is 14.2 Å². The van der Waals surface area contributed by atoms with E-state index in [4.69, 9.17) is 13.9 Å². The van der Waals surface area contributed by atoms with Gasteiger partial charge in [-0.05, 0) is 47.4 Å². The molecule has 27 heavy (non-hydrogen) atoms. The van der Waals surface area contributed by atoms with Crippen molar-refractivity contribution in [3.63, 3.8) is 0 Å². The number of ether oxygens (including phenoxy) is 2. The lowest BCUT2D eigenvalue weighted by molar-refractivity contribution is -0.127.